The van der Waals surface area contributed by atoms with Crippen molar-refractivity contribution in [2.45, 2.75) is 44.4 Å². The molecule has 1 saturated heterocycles. The van der Waals surface area contributed by atoms with Crippen molar-refractivity contribution in [2.75, 3.05) is 42.2 Å². The second-order valence-corrected chi connectivity index (χ2v) is 10.7. The summed E-state index contributed by atoms with van der Waals surface area (Å²) in [5, 5.41) is 3.11. The molecule has 4 rings (SSSR count). The number of sulfonamides is 1. The van der Waals surface area contributed by atoms with Crippen LogP contribution in [0.5, 0.6) is 5.75 Å². The van der Waals surface area contributed by atoms with Crippen LogP contribution in [0, 0.1) is 0 Å². The number of carbonyl (C=O) groups excluding carboxylic acids is 1. The Morgan fingerprint density at radius 1 is 1.15 bits per heavy atom. The number of methoxy groups -OCH3 is 1. The van der Waals surface area contributed by atoms with Crippen molar-refractivity contribution in [1.29, 1.82) is 0 Å². The monoisotopic (exact) mass is 472 g/mol. The molecule has 0 radical (unpaired) electrons. The molecule has 8 heteroatoms. The molecule has 0 unspecified atom stereocenters. The highest BCUT2D eigenvalue weighted by molar-refractivity contribution is 7.92. The van der Waals surface area contributed by atoms with Gasteiger partial charge in [0.15, 0.2) is 0 Å². The molecule has 1 amide bonds. The average Bonchev–Trinajstić information content (AvgIpc) is 2.84. The van der Waals surface area contributed by atoms with E-state index in [9.17, 15) is 13.2 Å². The highest BCUT2D eigenvalue weighted by Crippen LogP contribution is 2.38. The fourth-order valence-corrected chi connectivity index (χ4v) is 6.45. The molecule has 2 aromatic rings. The summed E-state index contributed by atoms with van der Waals surface area (Å²) in [6.45, 7) is 3.42. The quantitative estimate of drug-likeness (QED) is 0.661. The minimum atomic E-state index is -3.33. The number of benzene rings is 2. The van der Waals surface area contributed by atoms with Crippen molar-refractivity contribution in [1.82, 2.24) is 0 Å². The topological polar surface area (TPSA) is 84.9 Å². The Bertz CT molecular complexity index is 1090. The third kappa shape index (κ3) is 4.73. The van der Waals surface area contributed by atoms with Crippen molar-refractivity contribution in [2.24, 2.45) is 0 Å². The maximum Gasteiger partial charge on any atom is 0.235 e. The van der Waals surface area contributed by atoms with Gasteiger partial charge in [-0.2, -0.15) is 0 Å². The Balaban J connectivity index is 1.60. The summed E-state index contributed by atoms with van der Waals surface area (Å²) in [6, 6.07) is 13.2. The Kier molecular flexibility index (Phi) is 6.95. The molecular weight excluding hydrogens is 440 g/mol. The fourth-order valence-electron chi connectivity index (χ4n) is 4.82. The molecule has 0 bridgehead atoms. The van der Waals surface area contributed by atoms with Crippen LogP contribution in [0.1, 0.15) is 43.7 Å². The van der Waals surface area contributed by atoms with E-state index >= 15 is 0 Å². The van der Waals surface area contributed by atoms with Crippen LogP contribution in [0.3, 0.4) is 0 Å². The molecule has 0 atom stereocenters. The van der Waals surface area contributed by atoms with E-state index in [1.807, 2.05) is 43.3 Å². The third-order valence-corrected chi connectivity index (χ3v) is 8.61. The van der Waals surface area contributed by atoms with Gasteiger partial charge in [0, 0.05) is 25.4 Å². The Morgan fingerprint density at radius 2 is 1.88 bits per heavy atom. The highest BCUT2D eigenvalue weighted by Gasteiger charge is 2.42. The van der Waals surface area contributed by atoms with E-state index in [1.54, 1.807) is 13.2 Å². The lowest BCUT2D eigenvalue weighted by Gasteiger charge is -2.36. The zero-order chi connectivity index (χ0) is 23.5. The number of amides is 1. The SMILES string of the molecule is CCCS(=O)(=O)N1CCCc2cc(NC(=O)C3(c4ccc(OC)cc4)CCOCC3)ccc21. The largest absolute Gasteiger partial charge is 0.497 e. The third-order valence-electron chi connectivity index (χ3n) is 6.63. The van der Waals surface area contributed by atoms with Gasteiger partial charge in [-0.05, 0) is 73.6 Å². The van der Waals surface area contributed by atoms with Crippen LogP contribution in [-0.4, -0.2) is 46.9 Å². The summed E-state index contributed by atoms with van der Waals surface area (Å²) < 4.78 is 37.8. The van der Waals surface area contributed by atoms with Crippen LogP contribution < -0.4 is 14.4 Å². The summed E-state index contributed by atoms with van der Waals surface area (Å²) in [5.74, 6) is 0.818. The number of anilines is 2. The number of nitrogens with zero attached hydrogens (tertiary/aromatic N) is 1. The van der Waals surface area contributed by atoms with Crippen molar-refractivity contribution in [3.8, 4) is 5.75 Å². The van der Waals surface area contributed by atoms with Crippen LogP contribution >= 0.6 is 0 Å². The molecule has 2 heterocycles. The molecule has 0 saturated carbocycles. The van der Waals surface area contributed by atoms with Crippen molar-refractivity contribution >= 4 is 27.3 Å². The minimum absolute atomic E-state index is 0.0674. The molecular formula is C25H32N2O5S. The first-order valence-corrected chi connectivity index (χ1v) is 13.2. The summed E-state index contributed by atoms with van der Waals surface area (Å²) in [4.78, 5) is 13.6. The fraction of sp³-hybridized carbons (Fsp3) is 0.480. The predicted octanol–water partition coefficient (Wildman–Crippen LogP) is 3.87. The maximum absolute atomic E-state index is 13.6. The van der Waals surface area contributed by atoms with Gasteiger partial charge in [-0.15, -0.1) is 0 Å². The lowest BCUT2D eigenvalue weighted by atomic mass is 9.73. The highest BCUT2D eigenvalue weighted by atomic mass is 32.2. The number of fused-ring (bicyclic) bond motifs is 1. The molecule has 2 aromatic carbocycles. The van der Waals surface area contributed by atoms with Crippen LogP contribution in [0.15, 0.2) is 42.5 Å². The molecule has 33 heavy (non-hydrogen) atoms. The van der Waals surface area contributed by atoms with Gasteiger partial charge < -0.3 is 14.8 Å². The molecule has 1 fully saturated rings. The minimum Gasteiger partial charge on any atom is -0.497 e. The second-order valence-electron chi connectivity index (χ2n) is 8.71. The van der Waals surface area contributed by atoms with Crippen molar-refractivity contribution < 1.29 is 22.7 Å². The second kappa shape index (κ2) is 9.73. The normalized spacial score (nSPS) is 17.8. The molecule has 0 spiro atoms. The molecule has 178 valence electrons. The van der Waals surface area contributed by atoms with Gasteiger partial charge in [-0.25, -0.2) is 8.42 Å². The molecule has 2 aliphatic heterocycles. The molecule has 1 N–H and O–H groups in total. The van der Waals surface area contributed by atoms with Gasteiger partial charge >= 0.3 is 0 Å². The number of hydrogen-bond acceptors (Lipinski definition) is 5. The van der Waals surface area contributed by atoms with E-state index in [2.05, 4.69) is 5.32 Å². The smallest absolute Gasteiger partial charge is 0.235 e. The first-order valence-electron chi connectivity index (χ1n) is 11.6. The molecule has 2 aliphatic rings. The van der Waals surface area contributed by atoms with Gasteiger partial charge in [0.2, 0.25) is 15.9 Å². The zero-order valence-corrected chi connectivity index (χ0v) is 20.1. The van der Waals surface area contributed by atoms with Gasteiger partial charge in [0.05, 0.1) is 24.0 Å². The zero-order valence-electron chi connectivity index (χ0n) is 19.3. The Hall–Kier alpha value is -2.58. The van der Waals surface area contributed by atoms with E-state index < -0.39 is 15.4 Å². The summed E-state index contributed by atoms with van der Waals surface area (Å²) >= 11 is 0. The van der Waals surface area contributed by atoms with Crippen LogP contribution in [-0.2, 0) is 31.4 Å². The standard InChI is InChI=1S/C25H32N2O5S/c1-3-17-33(29,30)27-14-4-5-19-18-21(8-11-23(19)27)26-24(28)25(12-15-32-16-13-25)20-6-9-22(31-2)10-7-20/h6-11,18H,3-5,12-17H2,1-2H3,(H,26,28). The van der Waals surface area contributed by atoms with E-state index in [0.29, 0.717) is 44.7 Å². The Morgan fingerprint density at radius 3 is 2.55 bits per heavy atom. The van der Waals surface area contributed by atoms with Gasteiger partial charge in [-0.3, -0.25) is 9.10 Å². The summed E-state index contributed by atoms with van der Waals surface area (Å²) in [7, 11) is -1.71. The van der Waals surface area contributed by atoms with E-state index in [4.69, 9.17) is 9.47 Å². The van der Waals surface area contributed by atoms with Gasteiger partial charge in [0.1, 0.15) is 5.75 Å². The Labute approximate surface area is 196 Å². The lowest BCUT2D eigenvalue weighted by Crippen LogP contribution is -2.44. The number of rotatable bonds is 7. The molecule has 0 aliphatic carbocycles. The lowest BCUT2D eigenvalue weighted by molar-refractivity contribution is -0.125. The first kappa shape index (κ1) is 23.6. The van der Waals surface area contributed by atoms with E-state index in [0.717, 1.165) is 35.4 Å². The van der Waals surface area contributed by atoms with Crippen LogP contribution in [0.4, 0.5) is 11.4 Å². The number of ether oxygens (including phenoxy) is 2. The summed E-state index contributed by atoms with van der Waals surface area (Å²) in [5.41, 5.74) is 2.62. The number of nitrogens with one attached hydrogen (secondary N) is 1. The van der Waals surface area contributed by atoms with E-state index in [-0.39, 0.29) is 11.7 Å². The number of aryl methyl sites for hydroxylation is 1. The predicted molar refractivity (Wildman–Crippen MR) is 130 cm³/mol. The van der Waals surface area contributed by atoms with Crippen LogP contribution in [0.2, 0.25) is 0 Å². The van der Waals surface area contributed by atoms with E-state index in [1.165, 1.54) is 4.31 Å². The summed E-state index contributed by atoms with van der Waals surface area (Å²) in [6.07, 6.45) is 3.33. The molecule has 7 nitrogen and oxygen atoms in total. The van der Waals surface area contributed by atoms with Gasteiger partial charge in [0.25, 0.3) is 0 Å². The maximum atomic E-state index is 13.6. The first-order chi connectivity index (χ1) is 15.9. The van der Waals surface area contributed by atoms with Gasteiger partial charge in [-0.1, -0.05) is 19.1 Å². The van der Waals surface area contributed by atoms with Crippen LogP contribution in [0.25, 0.3) is 0 Å². The molecule has 0 aromatic heterocycles. The number of carbonyl (C=O) groups is 1. The average molecular weight is 473 g/mol. The number of hydrogen-bond donors (Lipinski definition) is 1. The van der Waals surface area contributed by atoms with Crippen molar-refractivity contribution in [3.63, 3.8) is 0 Å². The van der Waals surface area contributed by atoms with Crippen molar-refractivity contribution in [3.05, 3.63) is 53.6 Å².